The van der Waals surface area contributed by atoms with Crippen molar-refractivity contribution < 1.29 is 24.1 Å². The van der Waals surface area contributed by atoms with Gasteiger partial charge in [-0.3, -0.25) is 4.79 Å². The van der Waals surface area contributed by atoms with Crippen molar-refractivity contribution in [2.45, 2.75) is 37.1 Å². The first kappa shape index (κ1) is 14.2. The van der Waals surface area contributed by atoms with Crippen molar-refractivity contribution in [3.8, 4) is 5.75 Å². The van der Waals surface area contributed by atoms with E-state index in [4.69, 9.17) is 15.2 Å². The average Bonchev–Trinajstić information content (AvgIpc) is 2.84. The third-order valence-electron chi connectivity index (χ3n) is 4.15. The molecule has 114 valence electrons. The Kier molecular flexibility index (Phi) is 3.73. The Bertz CT molecular complexity index is 547. The summed E-state index contributed by atoms with van der Waals surface area (Å²) < 4.78 is 16.4. The van der Waals surface area contributed by atoms with Crippen molar-refractivity contribution in [3.05, 3.63) is 23.8 Å². The van der Waals surface area contributed by atoms with Crippen LogP contribution < -0.4 is 10.5 Å². The first-order valence-corrected chi connectivity index (χ1v) is 7.01. The van der Waals surface area contributed by atoms with Crippen molar-refractivity contribution in [1.29, 1.82) is 0 Å². The molecule has 1 fully saturated rings. The number of benzene rings is 1. The number of methoxy groups -OCH3 is 1. The second kappa shape index (κ2) is 5.54. The number of hydrogen-bond acceptors (Lipinski definition) is 6. The van der Waals surface area contributed by atoms with Crippen LogP contribution in [0.5, 0.6) is 5.75 Å². The molecule has 0 bridgehead atoms. The van der Waals surface area contributed by atoms with Crippen LogP contribution in [0.4, 0.5) is 5.69 Å². The van der Waals surface area contributed by atoms with Crippen molar-refractivity contribution in [3.63, 3.8) is 0 Å². The Labute approximate surface area is 122 Å². The molecule has 1 saturated heterocycles. The highest BCUT2D eigenvalue weighted by molar-refractivity contribution is 5.69. The predicted octanol–water partition coefficient (Wildman–Crippen LogP) is 0.826. The molecule has 3 rings (SSSR count). The number of ether oxygens (including phenoxy) is 3. The maximum Gasteiger partial charge on any atom is 0.308 e. The maximum atomic E-state index is 11.5. The van der Waals surface area contributed by atoms with Gasteiger partial charge in [-0.25, -0.2) is 0 Å². The standard InChI is InChI=1S/C15H19NO5/c1-19-14(18)6-9-5-11-10-4-8(16)2-3-12(10)21-15(11)13(7-17)20-9/h2-4,9,11,13,15,17H,5-7,16H2,1H3/t9-,11-,13+,15+/m0/s1. The molecule has 0 aliphatic carbocycles. The van der Waals surface area contributed by atoms with Crippen LogP contribution in [-0.4, -0.2) is 43.1 Å². The SMILES string of the molecule is COC(=O)C[C@@H]1C[C@H]2c3cc(N)ccc3O[C@H]2[C@@H](CO)O1. The van der Waals surface area contributed by atoms with E-state index in [2.05, 4.69) is 4.74 Å². The number of nitrogen functional groups attached to an aromatic ring is 1. The third-order valence-corrected chi connectivity index (χ3v) is 4.15. The minimum Gasteiger partial charge on any atom is -0.487 e. The van der Waals surface area contributed by atoms with Crippen molar-refractivity contribution in [2.75, 3.05) is 19.5 Å². The number of carbonyl (C=O) groups is 1. The number of rotatable bonds is 3. The topological polar surface area (TPSA) is 91.0 Å². The minimum absolute atomic E-state index is 0.0732. The van der Waals surface area contributed by atoms with Crippen LogP contribution in [0.3, 0.4) is 0 Å². The lowest BCUT2D eigenvalue weighted by molar-refractivity contribution is -0.156. The molecule has 2 aliphatic heterocycles. The third kappa shape index (κ3) is 2.56. The van der Waals surface area contributed by atoms with Gasteiger partial charge in [0.1, 0.15) is 18.0 Å². The highest BCUT2D eigenvalue weighted by Crippen LogP contribution is 2.46. The van der Waals surface area contributed by atoms with Gasteiger partial charge in [0.05, 0.1) is 26.2 Å². The summed E-state index contributed by atoms with van der Waals surface area (Å²) in [5.41, 5.74) is 7.55. The molecule has 1 aromatic rings. The van der Waals surface area contributed by atoms with Crippen molar-refractivity contribution >= 4 is 11.7 Å². The van der Waals surface area contributed by atoms with Crippen molar-refractivity contribution in [1.82, 2.24) is 0 Å². The van der Waals surface area contributed by atoms with Crippen molar-refractivity contribution in [2.24, 2.45) is 0 Å². The fourth-order valence-electron chi connectivity index (χ4n) is 3.18. The molecule has 0 amide bonds. The quantitative estimate of drug-likeness (QED) is 0.633. The van der Waals surface area contributed by atoms with Crippen LogP contribution in [0.15, 0.2) is 18.2 Å². The molecule has 4 atom stereocenters. The minimum atomic E-state index is -0.452. The molecule has 1 aromatic carbocycles. The Hall–Kier alpha value is -1.79. The summed E-state index contributed by atoms with van der Waals surface area (Å²) in [7, 11) is 1.35. The summed E-state index contributed by atoms with van der Waals surface area (Å²) in [5.74, 6) is 0.533. The second-order valence-electron chi connectivity index (χ2n) is 5.48. The number of anilines is 1. The van der Waals surface area contributed by atoms with Crippen LogP contribution in [0.2, 0.25) is 0 Å². The first-order chi connectivity index (χ1) is 10.1. The van der Waals surface area contributed by atoms with E-state index in [-0.39, 0.29) is 37.1 Å². The van der Waals surface area contributed by atoms with Gasteiger partial charge < -0.3 is 25.1 Å². The number of nitrogens with two attached hydrogens (primary N) is 1. The lowest BCUT2D eigenvalue weighted by Crippen LogP contribution is -2.46. The average molecular weight is 293 g/mol. The molecule has 0 aromatic heterocycles. The molecule has 2 heterocycles. The Balaban J connectivity index is 1.85. The number of hydrogen-bond donors (Lipinski definition) is 2. The van der Waals surface area contributed by atoms with Gasteiger partial charge in [-0.1, -0.05) is 0 Å². The number of carbonyl (C=O) groups excluding carboxylic acids is 1. The molecule has 0 spiro atoms. The highest BCUT2D eigenvalue weighted by atomic mass is 16.6. The predicted molar refractivity (Wildman–Crippen MR) is 75.0 cm³/mol. The second-order valence-corrected chi connectivity index (χ2v) is 5.48. The van der Waals surface area contributed by atoms with Crippen LogP contribution in [0, 0.1) is 0 Å². The molecular weight excluding hydrogens is 274 g/mol. The fraction of sp³-hybridized carbons (Fsp3) is 0.533. The fourth-order valence-corrected chi connectivity index (χ4v) is 3.18. The summed E-state index contributed by atoms with van der Waals surface area (Å²) in [4.78, 5) is 11.5. The van der Waals surface area contributed by atoms with E-state index < -0.39 is 6.10 Å². The van der Waals surface area contributed by atoms with Gasteiger partial charge in [0, 0.05) is 17.2 Å². The smallest absolute Gasteiger partial charge is 0.308 e. The molecule has 0 saturated carbocycles. The first-order valence-electron chi connectivity index (χ1n) is 7.01. The molecule has 6 nitrogen and oxygen atoms in total. The zero-order valence-electron chi connectivity index (χ0n) is 11.8. The van der Waals surface area contributed by atoms with E-state index in [0.717, 1.165) is 11.3 Å². The Morgan fingerprint density at radius 2 is 2.33 bits per heavy atom. The van der Waals surface area contributed by atoms with E-state index in [1.165, 1.54) is 7.11 Å². The largest absolute Gasteiger partial charge is 0.487 e. The van der Waals surface area contributed by atoms with Crippen LogP contribution >= 0.6 is 0 Å². The van der Waals surface area contributed by atoms with Gasteiger partial charge in [-0.05, 0) is 24.6 Å². The zero-order chi connectivity index (χ0) is 15.0. The number of fused-ring (bicyclic) bond motifs is 3. The van der Waals surface area contributed by atoms with E-state index in [1.54, 1.807) is 6.07 Å². The Morgan fingerprint density at radius 3 is 3.05 bits per heavy atom. The normalized spacial score (nSPS) is 30.2. The number of aliphatic hydroxyl groups excluding tert-OH is 1. The summed E-state index contributed by atoms with van der Waals surface area (Å²) in [6.45, 7) is -0.150. The molecule has 2 aliphatic rings. The molecule has 6 heteroatoms. The van der Waals surface area contributed by atoms with Gasteiger partial charge in [0.25, 0.3) is 0 Å². The van der Waals surface area contributed by atoms with Gasteiger partial charge in [-0.2, -0.15) is 0 Å². The molecule has 0 unspecified atom stereocenters. The zero-order valence-corrected chi connectivity index (χ0v) is 11.8. The van der Waals surface area contributed by atoms with Crippen LogP contribution in [0.1, 0.15) is 24.3 Å². The summed E-state index contributed by atoms with van der Waals surface area (Å²) >= 11 is 0. The number of aliphatic hydroxyl groups is 1. The lowest BCUT2D eigenvalue weighted by atomic mass is 9.84. The van der Waals surface area contributed by atoms with Crippen LogP contribution in [-0.2, 0) is 14.3 Å². The lowest BCUT2D eigenvalue weighted by Gasteiger charge is -2.36. The maximum absolute atomic E-state index is 11.5. The van der Waals surface area contributed by atoms with E-state index in [9.17, 15) is 9.90 Å². The summed E-state index contributed by atoms with van der Waals surface area (Å²) in [6, 6.07) is 5.53. The van der Waals surface area contributed by atoms with Gasteiger partial charge in [-0.15, -0.1) is 0 Å². The molecular formula is C15H19NO5. The van der Waals surface area contributed by atoms with E-state index >= 15 is 0 Å². The highest BCUT2D eigenvalue weighted by Gasteiger charge is 2.46. The van der Waals surface area contributed by atoms with Gasteiger partial charge in [0.2, 0.25) is 0 Å². The van der Waals surface area contributed by atoms with Gasteiger partial charge in [0.15, 0.2) is 0 Å². The Morgan fingerprint density at radius 1 is 1.52 bits per heavy atom. The summed E-state index contributed by atoms with van der Waals surface area (Å²) in [6.07, 6.45) is -0.153. The molecule has 21 heavy (non-hydrogen) atoms. The van der Waals surface area contributed by atoms with E-state index in [0.29, 0.717) is 12.1 Å². The summed E-state index contributed by atoms with van der Waals surface area (Å²) in [5, 5.41) is 9.53. The molecule has 0 radical (unpaired) electrons. The van der Waals surface area contributed by atoms with E-state index in [1.807, 2.05) is 12.1 Å². The molecule has 3 N–H and O–H groups in total. The van der Waals surface area contributed by atoms with Crippen LogP contribution in [0.25, 0.3) is 0 Å². The van der Waals surface area contributed by atoms with Gasteiger partial charge >= 0.3 is 5.97 Å². The number of esters is 1. The monoisotopic (exact) mass is 293 g/mol.